The van der Waals surface area contributed by atoms with Crippen molar-refractivity contribution >= 4 is 5.97 Å². The highest BCUT2D eigenvalue weighted by molar-refractivity contribution is 5.68. The predicted molar refractivity (Wildman–Crippen MR) is 104 cm³/mol. The van der Waals surface area contributed by atoms with E-state index in [1.807, 2.05) is 6.92 Å². The third-order valence-electron chi connectivity index (χ3n) is 4.54. The lowest BCUT2D eigenvalue weighted by Crippen LogP contribution is -2.22. The van der Waals surface area contributed by atoms with Gasteiger partial charge in [-0.2, -0.15) is 0 Å². The average molecular weight is 342 g/mol. The van der Waals surface area contributed by atoms with Crippen LogP contribution < -0.4 is 5.32 Å². The molecule has 0 aromatic carbocycles. The van der Waals surface area contributed by atoms with Crippen LogP contribution in [0.1, 0.15) is 110 Å². The molecule has 0 saturated carbocycles. The van der Waals surface area contributed by atoms with Gasteiger partial charge in [-0.1, -0.05) is 97.3 Å². The molecule has 0 unspecified atom stereocenters. The summed E-state index contributed by atoms with van der Waals surface area (Å²) in [4.78, 5) is 10.9. The molecule has 0 aromatic rings. The molecule has 0 amide bonds. The van der Waals surface area contributed by atoms with Crippen molar-refractivity contribution in [1.82, 2.24) is 5.32 Å². The summed E-state index contributed by atoms with van der Waals surface area (Å²) in [6.45, 7) is 6.44. The van der Waals surface area contributed by atoms with Crippen LogP contribution in [0, 0.1) is 0 Å². The van der Waals surface area contributed by atoms with Gasteiger partial charge in [0.25, 0.3) is 0 Å². The van der Waals surface area contributed by atoms with Crippen LogP contribution in [0.25, 0.3) is 0 Å². The summed E-state index contributed by atoms with van der Waals surface area (Å²) in [7, 11) is 0. The number of hydrogen-bond acceptors (Lipinski definition) is 3. The van der Waals surface area contributed by atoms with Crippen LogP contribution in [0.5, 0.6) is 0 Å². The lowest BCUT2D eigenvalue weighted by Gasteiger charge is -2.06. The highest BCUT2D eigenvalue weighted by atomic mass is 16.5. The molecule has 3 nitrogen and oxygen atoms in total. The molecule has 0 aliphatic carbocycles. The third kappa shape index (κ3) is 19.5. The van der Waals surface area contributed by atoms with Crippen molar-refractivity contribution in [2.75, 3.05) is 19.7 Å². The number of carbonyl (C=O) groups is 1. The van der Waals surface area contributed by atoms with Crippen molar-refractivity contribution in [3.8, 4) is 0 Å². The standard InChI is InChI=1S/C21H43NO2/c1-3-5-6-7-8-9-10-11-12-13-14-15-16-17-18-22-19-20-24-21(23)4-2/h22H,3-20H2,1-2H3. The molecular formula is C21H43NO2. The second-order valence-electron chi connectivity index (χ2n) is 6.92. The van der Waals surface area contributed by atoms with E-state index in [0.29, 0.717) is 13.0 Å². The smallest absolute Gasteiger partial charge is 0.305 e. The summed E-state index contributed by atoms with van der Waals surface area (Å²) in [5.74, 6) is -0.103. The van der Waals surface area contributed by atoms with E-state index in [1.54, 1.807) is 0 Å². The quantitative estimate of drug-likeness (QED) is 0.231. The monoisotopic (exact) mass is 341 g/mol. The molecule has 0 saturated heterocycles. The van der Waals surface area contributed by atoms with Crippen LogP contribution >= 0.6 is 0 Å². The minimum Gasteiger partial charge on any atom is -0.464 e. The molecule has 0 aromatic heterocycles. The van der Waals surface area contributed by atoms with E-state index >= 15 is 0 Å². The number of rotatable bonds is 19. The first-order chi connectivity index (χ1) is 11.8. The number of unbranched alkanes of at least 4 members (excludes halogenated alkanes) is 13. The Morgan fingerprint density at radius 3 is 1.58 bits per heavy atom. The molecule has 3 heteroatoms. The molecule has 1 N–H and O–H groups in total. The van der Waals surface area contributed by atoms with Gasteiger partial charge < -0.3 is 10.1 Å². The van der Waals surface area contributed by atoms with Gasteiger partial charge in [0.05, 0.1) is 0 Å². The molecular weight excluding hydrogens is 298 g/mol. The van der Waals surface area contributed by atoms with Crippen LogP contribution in [0.15, 0.2) is 0 Å². The van der Waals surface area contributed by atoms with E-state index in [4.69, 9.17) is 4.74 Å². The van der Waals surface area contributed by atoms with E-state index < -0.39 is 0 Å². The molecule has 0 fully saturated rings. The van der Waals surface area contributed by atoms with Gasteiger partial charge in [0.1, 0.15) is 6.61 Å². The zero-order chi connectivity index (χ0) is 17.7. The molecule has 0 radical (unpaired) electrons. The van der Waals surface area contributed by atoms with Crippen LogP contribution in [-0.4, -0.2) is 25.7 Å². The summed E-state index contributed by atoms with van der Waals surface area (Å²) in [5, 5.41) is 3.33. The fourth-order valence-electron chi connectivity index (χ4n) is 2.91. The van der Waals surface area contributed by atoms with Crippen LogP contribution in [0.4, 0.5) is 0 Å². The highest BCUT2D eigenvalue weighted by Gasteiger charge is 1.97. The summed E-state index contributed by atoms with van der Waals surface area (Å²) in [6.07, 6.45) is 20.1. The zero-order valence-electron chi connectivity index (χ0n) is 16.5. The summed E-state index contributed by atoms with van der Waals surface area (Å²) >= 11 is 0. The minimum atomic E-state index is -0.103. The topological polar surface area (TPSA) is 38.3 Å². The highest BCUT2D eigenvalue weighted by Crippen LogP contribution is 2.12. The molecule has 0 aliphatic rings. The fourth-order valence-corrected chi connectivity index (χ4v) is 2.91. The van der Waals surface area contributed by atoms with Gasteiger partial charge in [0.2, 0.25) is 0 Å². The van der Waals surface area contributed by atoms with Gasteiger partial charge in [0.15, 0.2) is 0 Å². The van der Waals surface area contributed by atoms with Gasteiger partial charge in [-0.05, 0) is 13.0 Å². The van der Waals surface area contributed by atoms with Crippen molar-refractivity contribution in [1.29, 1.82) is 0 Å². The first-order valence-electron chi connectivity index (χ1n) is 10.7. The fraction of sp³-hybridized carbons (Fsp3) is 0.952. The third-order valence-corrected chi connectivity index (χ3v) is 4.54. The number of hydrogen-bond donors (Lipinski definition) is 1. The minimum absolute atomic E-state index is 0.103. The first kappa shape index (κ1) is 23.4. The second-order valence-corrected chi connectivity index (χ2v) is 6.92. The van der Waals surface area contributed by atoms with E-state index in [0.717, 1.165) is 13.1 Å². The summed E-state index contributed by atoms with van der Waals surface area (Å²) in [5.41, 5.74) is 0. The van der Waals surface area contributed by atoms with Crippen LogP contribution in [0.3, 0.4) is 0 Å². The van der Waals surface area contributed by atoms with Gasteiger partial charge in [-0.3, -0.25) is 4.79 Å². The SMILES string of the molecule is CCCCCCCCCCCCCCCCNCCOC(=O)CC. The number of nitrogens with one attached hydrogen (secondary N) is 1. The Morgan fingerprint density at radius 2 is 1.12 bits per heavy atom. The van der Waals surface area contributed by atoms with Gasteiger partial charge in [-0.15, -0.1) is 0 Å². The van der Waals surface area contributed by atoms with E-state index in [9.17, 15) is 4.79 Å². The Morgan fingerprint density at radius 1 is 0.667 bits per heavy atom. The Balaban J connectivity index is 2.99. The van der Waals surface area contributed by atoms with Gasteiger partial charge in [-0.25, -0.2) is 0 Å². The number of ether oxygens (including phenoxy) is 1. The van der Waals surface area contributed by atoms with E-state index in [-0.39, 0.29) is 5.97 Å². The molecule has 0 aliphatic heterocycles. The summed E-state index contributed by atoms with van der Waals surface area (Å²) < 4.78 is 5.01. The normalized spacial score (nSPS) is 10.9. The molecule has 0 heterocycles. The van der Waals surface area contributed by atoms with Crippen LogP contribution in [-0.2, 0) is 9.53 Å². The van der Waals surface area contributed by atoms with E-state index in [1.165, 1.54) is 89.9 Å². The molecule has 0 rings (SSSR count). The molecule has 0 bridgehead atoms. The second kappa shape index (κ2) is 20.5. The van der Waals surface area contributed by atoms with Crippen molar-refractivity contribution in [3.63, 3.8) is 0 Å². The molecule has 24 heavy (non-hydrogen) atoms. The number of carbonyl (C=O) groups excluding carboxylic acids is 1. The largest absolute Gasteiger partial charge is 0.464 e. The Labute approximate surface area is 151 Å². The van der Waals surface area contributed by atoms with Crippen molar-refractivity contribution in [2.24, 2.45) is 0 Å². The molecule has 0 atom stereocenters. The van der Waals surface area contributed by atoms with E-state index in [2.05, 4.69) is 12.2 Å². The average Bonchev–Trinajstić information content (AvgIpc) is 2.60. The maximum atomic E-state index is 10.9. The Bertz CT molecular complexity index is 256. The van der Waals surface area contributed by atoms with Crippen molar-refractivity contribution in [3.05, 3.63) is 0 Å². The van der Waals surface area contributed by atoms with Crippen molar-refractivity contribution in [2.45, 2.75) is 110 Å². The Hall–Kier alpha value is -0.570. The Kier molecular flexibility index (Phi) is 20.0. The molecule has 144 valence electrons. The zero-order valence-corrected chi connectivity index (χ0v) is 16.5. The predicted octanol–water partition coefficient (Wildman–Crippen LogP) is 6.01. The lowest BCUT2D eigenvalue weighted by molar-refractivity contribution is -0.143. The lowest BCUT2D eigenvalue weighted by atomic mass is 10.0. The van der Waals surface area contributed by atoms with Crippen LogP contribution in [0.2, 0.25) is 0 Å². The van der Waals surface area contributed by atoms with Gasteiger partial charge in [0, 0.05) is 13.0 Å². The molecule has 0 spiro atoms. The number of esters is 1. The van der Waals surface area contributed by atoms with Crippen molar-refractivity contribution < 1.29 is 9.53 Å². The maximum absolute atomic E-state index is 10.9. The maximum Gasteiger partial charge on any atom is 0.305 e. The summed E-state index contributed by atoms with van der Waals surface area (Å²) in [6, 6.07) is 0. The first-order valence-corrected chi connectivity index (χ1v) is 10.7. The van der Waals surface area contributed by atoms with Gasteiger partial charge >= 0.3 is 5.97 Å².